The number of aromatic carboxylic acids is 1. The number of carbonyl (C=O) groups is 1. The number of hydrogen-bond acceptors (Lipinski definition) is 5. The van der Waals surface area contributed by atoms with E-state index in [0.717, 1.165) is 0 Å². The number of benzene rings is 1. The fourth-order valence-corrected chi connectivity index (χ4v) is 1.62. The van der Waals surface area contributed by atoms with Crippen LogP contribution in [0.2, 0.25) is 0 Å². The quantitative estimate of drug-likeness (QED) is 0.542. The van der Waals surface area contributed by atoms with Crippen LogP contribution in [-0.4, -0.2) is 51.6 Å². The van der Waals surface area contributed by atoms with Crippen molar-refractivity contribution in [1.82, 2.24) is 0 Å². The van der Waals surface area contributed by atoms with E-state index in [-0.39, 0.29) is 5.56 Å². The molecule has 3 N–H and O–H groups in total. The summed E-state index contributed by atoms with van der Waals surface area (Å²) < 4.78 is 10.2. The van der Waals surface area contributed by atoms with Crippen LogP contribution in [0.15, 0.2) is 18.2 Å². The highest BCUT2D eigenvalue weighted by molar-refractivity contribution is 5.95. The molecule has 19 heavy (non-hydrogen) atoms. The van der Waals surface area contributed by atoms with Crippen molar-refractivity contribution in [3.8, 4) is 0 Å². The van der Waals surface area contributed by atoms with Gasteiger partial charge in [-0.05, 0) is 18.2 Å². The first kappa shape index (κ1) is 15.3. The van der Waals surface area contributed by atoms with Crippen molar-refractivity contribution < 1.29 is 19.4 Å². The molecule has 0 saturated heterocycles. The summed E-state index contributed by atoms with van der Waals surface area (Å²) in [5.41, 5.74) is 6.85. The first-order valence-electron chi connectivity index (χ1n) is 5.97. The van der Waals surface area contributed by atoms with Crippen molar-refractivity contribution in [3.63, 3.8) is 0 Å². The second kappa shape index (κ2) is 7.60. The minimum atomic E-state index is -0.991. The zero-order valence-electron chi connectivity index (χ0n) is 11.3. The molecule has 0 atom stereocenters. The van der Waals surface area contributed by atoms with Crippen molar-refractivity contribution in [2.24, 2.45) is 0 Å². The van der Waals surface area contributed by atoms with Gasteiger partial charge in [-0.1, -0.05) is 0 Å². The lowest BCUT2D eigenvalue weighted by Gasteiger charge is -2.21. The summed E-state index contributed by atoms with van der Waals surface area (Å²) in [6.45, 7) is 2.17. The molecule has 0 saturated carbocycles. The number of carboxylic acids is 1. The molecule has 0 aromatic heterocycles. The van der Waals surface area contributed by atoms with Crippen LogP contribution in [0.25, 0.3) is 0 Å². The molecule has 0 heterocycles. The molecular formula is C13H20N2O4. The van der Waals surface area contributed by atoms with Crippen LogP contribution < -0.4 is 10.6 Å². The lowest BCUT2D eigenvalue weighted by atomic mass is 10.1. The van der Waals surface area contributed by atoms with Crippen molar-refractivity contribution >= 4 is 17.3 Å². The number of methoxy groups -OCH3 is 1. The Morgan fingerprint density at radius 2 is 2.11 bits per heavy atom. The van der Waals surface area contributed by atoms with Gasteiger partial charge >= 0.3 is 5.97 Å². The van der Waals surface area contributed by atoms with Crippen LogP contribution in [0.5, 0.6) is 0 Å². The number of anilines is 2. The summed E-state index contributed by atoms with van der Waals surface area (Å²) in [4.78, 5) is 13.0. The fraction of sp³-hybridized carbons (Fsp3) is 0.462. The molecule has 6 nitrogen and oxygen atoms in total. The third-order valence-electron chi connectivity index (χ3n) is 2.67. The number of nitrogen functional groups attached to an aromatic ring is 1. The molecule has 1 aromatic carbocycles. The fourth-order valence-electron chi connectivity index (χ4n) is 1.62. The third kappa shape index (κ3) is 4.76. The van der Waals surface area contributed by atoms with E-state index in [1.54, 1.807) is 19.2 Å². The van der Waals surface area contributed by atoms with Gasteiger partial charge in [-0.15, -0.1) is 0 Å². The average molecular weight is 268 g/mol. The predicted octanol–water partition coefficient (Wildman–Crippen LogP) is 1.07. The molecule has 0 unspecified atom stereocenters. The van der Waals surface area contributed by atoms with Crippen LogP contribution >= 0.6 is 0 Å². The zero-order valence-corrected chi connectivity index (χ0v) is 11.3. The van der Waals surface area contributed by atoms with Gasteiger partial charge in [-0.3, -0.25) is 0 Å². The first-order chi connectivity index (χ1) is 9.06. The molecule has 1 rings (SSSR count). The third-order valence-corrected chi connectivity index (χ3v) is 2.67. The van der Waals surface area contributed by atoms with Gasteiger partial charge in [0.25, 0.3) is 0 Å². The highest BCUT2D eigenvalue weighted by atomic mass is 16.5. The Kier molecular flexibility index (Phi) is 6.11. The minimum absolute atomic E-state index is 0.194. The van der Waals surface area contributed by atoms with E-state index in [0.29, 0.717) is 37.7 Å². The van der Waals surface area contributed by atoms with Crippen LogP contribution in [0.1, 0.15) is 10.4 Å². The Hall–Kier alpha value is -1.79. The Balaban J connectivity index is 2.61. The van der Waals surface area contributed by atoms with Crippen LogP contribution in [-0.2, 0) is 9.47 Å². The largest absolute Gasteiger partial charge is 0.478 e. The molecule has 0 amide bonds. The molecule has 0 aliphatic rings. The summed E-state index contributed by atoms with van der Waals surface area (Å²) in [5.74, 6) is -0.991. The Labute approximate surface area is 112 Å². The number of hydrogen-bond donors (Lipinski definition) is 2. The smallest absolute Gasteiger partial charge is 0.337 e. The number of carboxylic acid groups (broad SMARTS) is 1. The van der Waals surface area contributed by atoms with Gasteiger partial charge in [0.15, 0.2) is 0 Å². The van der Waals surface area contributed by atoms with E-state index in [1.165, 1.54) is 6.07 Å². The molecule has 0 radical (unpaired) electrons. The summed E-state index contributed by atoms with van der Waals surface area (Å²) in [5, 5.41) is 9.15. The van der Waals surface area contributed by atoms with Gasteiger partial charge in [-0.25, -0.2) is 4.79 Å². The Morgan fingerprint density at radius 3 is 2.74 bits per heavy atom. The van der Waals surface area contributed by atoms with Gasteiger partial charge < -0.3 is 25.2 Å². The number of nitrogens with zero attached hydrogens (tertiary/aromatic N) is 1. The number of ether oxygens (including phenoxy) is 2. The second-order valence-electron chi connectivity index (χ2n) is 4.11. The van der Waals surface area contributed by atoms with Gasteiger partial charge in [0, 0.05) is 26.4 Å². The van der Waals surface area contributed by atoms with E-state index in [2.05, 4.69) is 0 Å². The molecule has 6 heteroatoms. The van der Waals surface area contributed by atoms with E-state index in [1.807, 2.05) is 11.9 Å². The molecular weight excluding hydrogens is 248 g/mol. The first-order valence-corrected chi connectivity index (χ1v) is 5.97. The maximum atomic E-state index is 11.2. The Morgan fingerprint density at radius 1 is 1.37 bits per heavy atom. The van der Waals surface area contributed by atoms with Crippen molar-refractivity contribution in [3.05, 3.63) is 23.8 Å². The van der Waals surface area contributed by atoms with E-state index in [9.17, 15) is 4.79 Å². The summed E-state index contributed by atoms with van der Waals surface area (Å²) >= 11 is 0. The summed E-state index contributed by atoms with van der Waals surface area (Å²) in [6.07, 6.45) is 0. The van der Waals surface area contributed by atoms with Gasteiger partial charge in [0.1, 0.15) is 0 Å². The number of likely N-dealkylation sites (N-methyl/N-ethyl adjacent to an activating group) is 1. The average Bonchev–Trinajstić information content (AvgIpc) is 2.38. The maximum Gasteiger partial charge on any atom is 0.337 e. The Bertz CT molecular complexity index is 423. The van der Waals surface area contributed by atoms with E-state index in [4.69, 9.17) is 20.3 Å². The highest BCUT2D eigenvalue weighted by Gasteiger charge is 2.13. The van der Waals surface area contributed by atoms with Crippen LogP contribution in [0.4, 0.5) is 11.4 Å². The number of rotatable bonds is 8. The molecule has 0 bridgehead atoms. The predicted molar refractivity (Wildman–Crippen MR) is 73.8 cm³/mol. The molecule has 0 aliphatic heterocycles. The normalized spacial score (nSPS) is 10.4. The molecule has 0 aliphatic carbocycles. The van der Waals surface area contributed by atoms with Gasteiger partial charge in [0.2, 0.25) is 0 Å². The monoisotopic (exact) mass is 268 g/mol. The van der Waals surface area contributed by atoms with Crippen LogP contribution in [0.3, 0.4) is 0 Å². The van der Waals surface area contributed by atoms with E-state index >= 15 is 0 Å². The van der Waals surface area contributed by atoms with Gasteiger partial charge in [0.05, 0.1) is 31.1 Å². The van der Waals surface area contributed by atoms with Crippen molar-refractivity contribution in [1.29, 1.82) is 0 Å². The topological polar surface area (TPSA) is 85.0 Å². The molecule has 1 aromatic rings. The molecule has 0 spiro atoms. The summed E-state index contributed by atoms with van der Waals surface area (Å²) in [7, 11) is 3.43. The zero-order chi connectivity index (χ0) is 14.3. The molecule has 106 valence electrons. The minimum Gasteiger partial charge on any atom is -0.478 e. The van der Waals surface area contributed by atoms with E-state index < -0.39 is 5.97 Å². The number of nitrogens with two attached hydrogens (primary N) is 1. The molecule has 0 fully saturated rings. The second-order valence-corrected chi connectivity index (χ2v) is 4.11. The summed E-state index contributed by atoms with van der Waals surface area (Å²) in [6, 6.07) is 4.85. The SMILES string of the molecule is COCCOCCN(C)c1ccc(N)cc1C(=O)O. The van der Waals surface area contributed by atoms with Crippen molar-refractivity contribution in [2.75, 3.05) is 51.2 Å². The van der Waals surface area contributed by atoms with Crippen molar-refractivity contribution in [2.45, 2.75) is 0 Å². The van der Waals surface area contributed by atoms with Gasteiger partial charge in [-0.2, -0.15) is 0 Å². The standard InChI is InChI=1S/C13H20N2O4/c1-15(5-6-19-8-7-18-2)12-4-3-10(14)9-11(12)13(16)17/h3-4,9H,5-8,14H2,1-2H3,(H,16,17). The maximum absolute atomic E-state index is 11.2. The van der Waals surface area contributed by atoms with Crippen LogP contribution in [0, 0.1) is 0 Å². The lowest BCUT2D eigenvalue weighted by Crippen LogP contribution is -2.25. The highest BCUT2D eigenvalue weighted by Crippen LogP contribution is 2.22. The lowest BCUT2D eigenvalue weighted by molar-refractivity contribution is 0.0695.